The van der Waals surface area contributed by atoms with Crippen LogP contribution in [0.3, 0.4) is 0 Å². The zero-order valence-electron chi connectivity index (χ0n) is 13.7. The molecule has 1 saturated heterocycles. The maximum Gasteiger partial charge on any atom is 0.347 e. The highest BCUT2D eigenvalue weighted by Crippen LogP contribution is 2.33. The van der Waals surface area contributed by atoms with Gasteiger partial charge in [0.15, 0.2) is 6.10 Å². The summed E-state index contributed by atoms with van der Waals surface area (Å²) in [5, 5.41) is 9.04. The molecule has 2 aliphatic heterocycles. The van der Waals surface area contributed by atoms with E-state index < -0.39 is 34.0 Å². The molecule has 0 saturated carbocycles. The van der Waals surface area contributed by atoms with Gasteiger partial charge in [-0.05, 0) is 37.1 Å². The second-order valence-electron chi connectivity index (χ2n) is 6.02. The Balaban J connectivity index is 1.79. The number of hydrogen-bond acceptors (Lipinski definition) is 6. The van der Waals surface area contributed by atoms with Crippen LogP contribution in [0.4, 0.5) is 0 Å². The first kappa shape index (κ1) is 17.7. The quantitative estimate of drug-likeness (QED) is 0.759. The number of nitrogens with zero attached hydrogens (tertiary/aromatic N) is 1. The molecule has 2 atom stereocenters. The average molecular weight is 369 g/mol. The minimum Gasteiger partial charge on any atom is -0.481 e. The molecule has 136 valence electrons. The molecule has 3 rings (SSSR count). The van der Waals surface area contributed by atoms with Crippen LogP contribution in [0.1, 0.15) is 18.9 Å². The van der Waals surface area contributed by atoms with E-state index in [1.54, 1.807) is 6.92 Å². The fourth-order valence-electron chi connectivity index (χ4n) is 3.05. The van der Waals surface area contributed by atoms with E-state index in [1.807, 2.05) is 0 Å². The molecule has 9 heteroatoms. The first-order valence-electron chi connectivity index (χ1n) is 8.02. The molecule has 1 aromatic carbocycles. The SMILES string of the molecule is CCOC(=O)C1Cc2cc(S(=O)(=O)N3CCC(C(=O)O)C3)ccc2O1. The normalized spacial score (nSPS) is 23.1. The van der Waals surface area contributed by atoms with Crippen LogP contribution in [-0.2, 0) is 30.8 Å². The molecule has 0 amide bonds. The molecule has 1 fully saturated rings. The summed E-state index contributed by atoms with van der Waals surface area (Å²) < 4.78 is 37.1. The van der Waals surface area contributed by atoms with Crippen molar-refractivity contribution in [3.8, 4) is 5.75 Å². The molecule has 1 N–H and O–H groups in total. The van der Waals surface area contributed by atoms with Crippen LogP contribution >= 0.6 is 0 Å². The molecule has 1 aromatic rings. The topological polar surface area (TPSA) is 110 Å². The molecule has 25 heavy (non-hydrogen) atoms. The van der Waals surface area contributed by atoms with E-state index in [0.717, 1.165) is 0 Å². The lowest BCUT2D eigenvalue weighted by Crippen LogP contribution is -2.30. The van der Waals surface area contributed by atoms with Gasteiger partial charge in [0.25, 0.3) is 0 Å². The van der Waals surface area contributed by atoms with Gasteiger partial charge in [0.05, 0.1) is 17.4 Å². The van der Waals surface area contributed by atoms with Crippen molar-refractivity contribution in [1.82, 2.24) is 4.31 Å². The average Bonchev–Trinajstić information content (AvgIpc) is 3.21. The van der Waals surface area contributed by atoms with Crippen molar-refractivity contribution in [2.45, 2.75) is 30.8 Å². The Morgan fingerprint density at radius 3 is 2.80 bits per heavy atom. The molecular weight excluding hydrogens is 350 g/mol. The summed E-state index contributed by atoms with van der Waals surface area (Å²) in [6, 6.07) is 4.42. The molecule has 0 radical (unpaired) electrons. The minimum absolute atomic E-state index is 0.0310. The van der Waals surface area contributed by atoms with Gasteiger partial charge in [-0.15, -0.1) is 0 Å². The van der Waals surface area contributed by atoms with Gasteiger partial charge in [-0.2, -0.15) is 4.31 Å². The molecule has 0 bridgehead atoms. The summed E-state index contributed by atoms with van der Waals surface area (Å²) in [5.74, 6) is -1.69. The summed E-state index contributed by atoms with van der Waals surface area (Å²) in [4.78, 5) is 22.9. The summed E-state index contributed by atoms with van der Waals surface area (Å²) >= 11 is 0. The van der Waals surface area contributed by atoms with Crippen LogP contribution in [0.5, 0.6) is 5.75 Å². The number of carboxylic acids is 1. The Morgan fingerprint density at radius 1 is 1.40 bits per heavy atom. The number of carbonyl (C=O) groups is 2. The molecule has 2 aliphatic rings. The molecule has 0 spiro atoms. The zero-order chi connectivity index (χ0) is 18.2. The summed E-state index contributed by atoms with van der Waals surface area (Å²) in [7, 11) is -3.78. The van der Waals surface area contributed by atoms with Gasteiger partial charge in [0.1, 0.15) is 5.75 Å². The van der Waals surface area contributed by atoms with E-state index in [9.17, 15) is 18.0 Å². The number of esters is 1. The molecule has 0 aliphatic carbocycles. The van der Waals surface area contributed by atoms with Gasteiger partial charge in [-0.25, -0.2) is 13.2 Å². The predicted molar refractivity (Wildman–Crippen MR) is 85.7 cm³/mol. The fourth-order valence-corrected chi connectivity index (χ4v) is 4.60. The summed E-state index contributed by atoms with van der Waals surface area (Å²) in [5.41, 5.74) is 0.619. The Kier molecular flexibility index (Phi) is 4.70. The standard InChI is InChI=1S/C16H19NO7S/c1-2-23-16(20)14-8-11-7-12(3-4-13(11)24-14)25(21,22)17-6-5-10(9-17)15(18)19/h3-4,7,10,14H,2,5-6,8-9H2,1H3,(H,18,19). The maximum atomic E-state index is 12.7. The van der Waals surface area contributed by atoms with E-state index in [1.165, 1.54) is 22.5 Å². The molecule has 8 nitrogen and oxygen atoms in total. The zero-order valence-corrected chi connectivity index (χ0v) is 14.5. The van der Waals surface area contributed by atoms with Crippen LogP contribution < -0.4 is 4.74 Å². The Labute approximate surface area is 145 Å². The van der Waals surface area contributed by atoms with Gasteiger partial charge in [-0.3, -0.25) is 4.79 Å². The van der Waals surface area contributed by atoms with E-state index >= 15 is 0 Å². The van der Waals surface area contributed by atoms with Crippen LogP contribution in [-0.4, -0.2) is 55.6 Å². The second-order valence-corrected chi connectivity index (χ2v) is 7.96. The van der Waals surface area contributed by atoms with Crippen LogP contribution in [0, 0.1) is 5.92 Å². The monoisotopic (exact) mass is 369 g/mol. The van der Waals surface area contributed by atoms with E-state index in [2.05, 4.69) is 0 Å². The smallest absolute Gasteiger partial charge is 0.347 e. The van der Waals surface area contributed by atoms with Crippen molar-refractivity contribution < 1.29 is 32.6 Å². The van der Waals surface area contributed by atoms with Crippen molar-refractivity contribution in [3.05, 3.63) is 23.8 Å². The van der Waals surface area contributed by atoms with Crippen molar-refractivity contribution in [3.63, 3.8) is 0 Å². The number of sulfonamides is 1. The van der Waals surface area contributed by atoms with Crippen molar-refractivity contribution in [2.24, 2.45) is 5.92 Å². The highest BCUT2D eigenvalue weighted by atomic mass is 32.2. The van der Waals surface area contributed by atoms with Gasteiger partial charge in [0, 0.05) is 19.5 Å². The minimum atomic E-state index is -3.78. The lowest BCUT2D eigenvalue weighted by molar-refractivity contribution is -0.150. The third-order valence-electron chi connectivity index (χ3n) is 4.39. The van der Waals surface area contributed by atoms with Gasteiger partial charge >= 0.3 is 11.9 Å². The fraction of sp³-hybridized carbons (Fsp3) is 0.500. The third kappa shape index (κ3) is 3.34. The number of rotatable bonds is 5. The number of fused-ring (bicyclic) bond motifs is 1. The largest absolute Gasteiger partial charge is 0.481 e. The van der Waals surface area contributed by atoms with Gasteiger partial charge < -0.3 is 14.6 Å². The second kappa shape index (κ2) is 6.64. The predicted octanol–water partition coefficient (Wildman–Crippen LogP) is 0.648. The lowest BCUT2D eigenvalue weighted by Gasteiger charge is -2.16. The van der Waals surface area contributed by atoms with Gasteiger partial charge in [-0.1, -0.05) is 0 Å². The number of hydrogen-bond donors (Lipinski definition) is 1. The molecular formula is C16H19NO7S. The highest BCUT2D eigenvalue weighted by Gasteiger charge is 2.37. The number of ether oxygens (including phenoxy) is 2. The molecule has 2 heterocycles. The number of carboxylic acid groups (broad SMARTS) is 1. The van der Waals surface area contributed by atoms with Crippen molar-refractivity contribution in [1.29, 1.82) is 0 Å². The number of benzene rings is 1. The number of carbonyl (C=O) groups excluding carboxylic acids is 1. The highest BCUT2D eigenvalue weighted by molar-refractivity contribution is 7.89. The van der Waals surface area contributed by atoms with Crippen molar-refractivity contribution >= 4 is 22.0 Å². The van der Waals surface area contributed by atoms with E-state index in [-0.39, 0.29) is 31.0 Å². The van der Waals surface area contributed by atoms with E-state index in [4.69, 9.17) is 14.6 Å². The lowest BCUT2D eigenvalue weighted by atomic mass is 10.1. The van der Waals surface area contributed by atoms with Crippen molar-refractivity contribution in [2.75, 3.05) is 19.7 Å². The van der Waals surface area contributed by atoms with Crippen LogP contribution in [0.2, 0.25) is 0 Å². The summed E-state index contributed by atoms with van der Waals surface area (Å²) in [6.45, 7) is 2.09. The molecule has 2 unspecified atom stereocenters. The summed E-state index contributed by atoms with van der Waals surface area (Å²) in [6.07, 6.45) is -0.223. The Bertz CT molecular complexity index is 805. The Morgan fingerprint density at radius 2 is 2.16 bits per heavy atom. The van der Waals surface area contributed by atoms with Gasteiger partial charge in [0.2, 0.25) is 10.0 Å². The third-order valence-corrected chi connectivity index (χ3v) is 6.26. The van der Waals surface area contributed by atoms with Crippen LogP contribution in [0.15, 0.2) is 23.1 Å². The first-order chi connectivity index (χ1) is 11.8. The Hall–Kier alpha value is -2.13. The number of aliphatic carboxylic acids is 1. The molecule has 0 aromatic heterocycles. The van der Waals surface area contributed by atoms with E-state index in [0.29, 0.717) is 17.7 Å². The first-order valence-corrected chi connectivity index (χ1v) is 9.46. The maximum absolute atomic E-state index is 12.7. The van der Waals surface area contributed by atoms with Crippen LogP contribution in [0.25, 0.3) is 0 Å².